The number of aliphatic hydroxyl groups excluding tert-OH is 1. The van der Waals surface area contributed by atoms with Crippen molar-refractivity contribution in [2.45, 2.75) is 90.6 Å². The molecule has 0 saturated carbocycles. The molecule has 1 unspecified atom stereocenters. The molecular formula is C25H40O3Si. The number of hydrogen-bond acceptors (Lipinski definition) is 3. The highest BCUT2D eigenvalue weighted by atomic mass is 28.4. The maximum absolute atomic E-state index is 10.6. The van der Waals surface area contributed by atoms with Crippen LogP contribution in [-0.4, -0.2) is 25.6 Å². The molecule has 0 radical (unpaired) electrons. The molecule has 1 aromatic rings. The van der Waals surface area contributed by atoms with Gasteiger partial charge >= 0.3 is 0 Å². The van der Waals surface area contributed by atoms with Crippen molar-refractivity contribution >= 4 is 8.32 Å². The first kappa shape index (κ1) is 23.8. The summed E-state index contributed by atoms with van der Waals surface area (Å²) in [7, 11) is -1.90. The van der Waals surface area contributed by atoms with Crippen LogP contribution >= 0.6 is 0 Å². The highest BCUT2D eigenvalue weighted by Crippen LogP contribution is 2.45. The predicted molar refractivity (Wildman–Crippen MR) is 125 cm³/mol. The SMILES string of the molecule is C=CC[C@]1(C)C(C(CCC)Oc2cccc(O[Si](C)(C)C(C)(C)C)c2)=CC[C@@H]1O. The Hall–Kier alpha value is -1.52. The fourth-order valence-corrected chi connectivity index (χ4v) is 4.76. The summed E-state index contributed by atoms with van der Waals surface area (Å²) in [5.41, 5.74) is 0.888. The summed E-state index contributed by atoms with van der Waals surface area (Å²) < 4.78 is 13.0. The van der Waals surface area contributed by atoms with Crippen LogP contribution in [0.25, 0.3) is 0 Å². The van der Waals surface area contributed by atoms with Gasteiger partial charge < -0.3 is 14.3 Å². The molecule has 29 heavy (non-hydrogen) atoms. The molecule has 162 valence electrons. The van der Waals surface area contributed by atoms with E-state index >= 15 is 0 Å². The number of aliphatic hydroxyl groups is 1. The van der Waals surface area contributed by atoms with E-state index in [4.69, 9.17) is 9.16 Å². The van der Waals surface area contributed by atoms with Crippen molar-refractivity contribution in [2.75, 3.05) is 0 Å². The number of hydrogen-bond donors (Lipinski definition) is 1. The standard InChI is InChI=1S/C25H40O3Si/c1-9-12-22(21-15-16-23(26)25(21,6)17-10-2)27-19-13-11-14-20(18-19)28-29(7,8)24(3,4)5/h10-11,13-15,18,22-23,26H,2,9,12,16-17H2,1,3-8H3/t22?,23-,25+/m0/s1. The summed E-state index contributed by atoms with van der Waals surface area (Å²) in [5, 5.41) is 10.8. The first-order chi connectivity index (χ1) is 13.4. The second-order valence-corrected chi connectivity index (χ2v) is 14.8. The quantitative estimate of drug-likeness (QED) is 0.352. The zero-order valence-electron chi connectivity index (χ0n) is 19.4. The molecule has 0 aromatic heterocycles. The number of benzene rings is 1. The molecule has 0 saturated heterocycles. The minimum atomic E-state index is -1.90. The summed E-state index contributed by atoms with van der Waals surface area (Å²) in [4.78, 5) is 0. The van der Waals surface area contributed by atoms with Crippen molar-refractivity contribution < 1.29 is 14.3 Å². The van der Waals surface area contributed by atoms with Gasteiger partial charge in [0.2, 0.25) is 8.32 Å². The highest BCUT2D eigenvalue weighted by Gasteiger charge is 2.43. The predicted octanol–water partition coefficient (Wildman–Crippen LogP) is 6.89. The maximum atomic E-state index is 10.6. The van der Waals surface area contributed by atoms with E-state index in [0.717, 1.165) is 30.8 Å². The molecule has 0 heterocycles. The molecule has 0 bridgehead atoms. The molecule has 1 aliphatic rings. The third kappa shape index (κ3) is 5.35. The summed E-state index contributed by atoms with van der Waals surface area (Å²) in [6, 6.07) is 8.03. The lowest BCUT2D eigenvalue weighted by atomic mass is 9.75. The lowest BCUT2D eigenvalue weighted by molar-refractivity contribution is 0.0649. The molecular weight excluding hydrogens is 376 g/mol. The Balaban J connectivity index is 2.25. The third-order valence-electron chi connectivity index (χ3n) is 6.69. The summed E-state index contributed by atoms with van der Waals surface area (Å²) in [6.07, 6.45) is 7.00. The average Bonchev–Trinajstić information content (AvgIpc) is 2.89. The summed E-state index contributed by atoms with van der Waals surface area (Å²) in [6.45, 7) is 19.4. The number of ether oxygens (including phenoxy) is 1. The fourth-order valence-electron chi connectivity index (χ4n) is 3.74. The van der Waals surface area contributed by atoms with E-state index in [9.17, 15) is 5.11 Å². The Morgan fingerprint density at radius 1 is 1.31 bits per heavy atom. The Morgan fingerprint density at radius 3 is 2.55 bits per heavy atom. The van der Waals surface area contributed by atoms with Crippen LogP contribution in [0, 0.1) is 5.41 Å². The number of rotatable bonds is 9. The van der Waals surface area contributed by atoms with Crippen molar-refractivity contribution in [1.82, 2.24) is 0 Å². The Bertz CT molecular complexity index is 732. The van der Waals surface area contributed by atoms with Crippen LogP contribution in [0.1, 0.15) is 60.3 Å². The van der Waals surface area contributed by atoms with E-state index in [0.29, 0.717) is 6.42 Å². The van der Waals surface area contributed by atoms with Crippen molar-refractivity contribution in [3.8, 4) is 11.5 Å². The van der Waals surface area contributed by atoms with Gasteiger partial charge in [-0.2, -0.15) is 0 Å². The van der Waals surface area contributed by atoms with Crippen molar-refractivity contribution in [2.24, 2.45) is 5.41 Å². The van der Waals surface area contributed by atoms with E-state index in [2.05, 4.69) is 60.4 Å². The van der Waals surface area contributed by atoms with Crippen LogP contribution in [-0.2, 0) is 0 Å². The van der Waals surface area contributed by atoms with Crippen LogP contribution < -0.4 is 9.16 Å². The van der Waals surface area contributed by atoms with Crippen LogP contribution in [0.5, 0.6) is 11.5 Å². The first-order valence-corrected chi connectivity index (χ1v) is 13.8. The minimum Gasteiger partial charge on any atom is -0.543 e. The molecule has 1 N–H and O–H groups in total. The monoisotopic (exact) mass is 416 g/mol. The van der Waals surface area contributed by atoms with Gasteiger partial charge in [-0.15, -0.1) is 6.58 Å². The first-order valence-electron chi connectivity index (χ1n) is 10.9. The van der Waals surface area contributed by atoms with Gasteiger partial charge in [-0.05, 0) is 55.1 Å². The van der Waals surface area contributed by atoms with Gasteiger partial charge in [-0.25, -0.2) is 0 Å². The maximum Gasteiger partial charge on any atom is 0.250 e. The second-order valence-electron chi connectivity index (χ2n) is 10.1. The molecule has 1 aromatic carbocycles. The van der Waals surface area contributed by atoms with Gasteiger partial charge in [0.1, 0.15) is 17.6 Å². The molecule has 3 atom stereocenters. The smallest absolute Gasteiger partial charge is 0.250 e. The van der Waals surface area contributed by atoms with E-state index in [1.807, 2.05) is 30.3 Å². The molecule has 3 nitrogen and oxygen atoms in total. The van der Waals surface area contributed by atoms with Gasteiger partial charge in [0.05, 0.1) is 6.10 Å². The Morgan fingerprint density at radius 2 is 1.97 bits per heavy atom. The topological polar surface area (TPSA) is 38.7 Å². The molecule has 2 rings (SSSR count). The molecule has 1 aliphatic carbocycles. The highest BCUT2D eigenvalue weighted by molar-refractivity contribution is 6.74. The molecule has 0 aliphatic heterocycles. The second kappa shape index (κ2) is 9.09. The van der Waals surface area contributed by atoms with E-state index in [1.165, 1.54) is 5.57 Å². The number of allylic oxidation sites excluding steroid dienone is 1. The van der Waals surface area contributed by atoms with Crippen molar-refractivity contribution in [3.63, 3.8) is 0 Å². The summed E-state index contributed by atoms with van der Waals surface area (Å²) in [5.74, 6) is 1.70. The minimum absolute atomic E-state index is 0.0507. The molecule has 0 fully saturated rings. The largest absolute Gasteiger partial charge is 0.543 e. The zero-order chi connectivity index (χ0) is 21.9. The van der Waals surface area contributed by atoms with Gasteiger partial charge in [-0.1, -0.05) is 59.3 Å². The third-order valence-corrected chi connectivity index (χ3v) is 11.0. The van der Waals surface area contributed by atoms with Crippen LogP contribution in [0.4, 0.5) is 0 Å². The van der Waals surface area contributed by atoms with E-state index in [1.54, 1.807) is 0 Å². The van der Waals surface area contributed by atoms with Crippen LogP contribution in [0.3, 0.4) is 0 Å². The van der Waals surface area contributed by atoms with Gasteiger partial charge in [0.25, 0.3) is 0 Å². The van der Waals surface area contributed by atoms with E-state index < -0.39 is 8.32 Å². The van der Waals surface area contributed by atoms with Gasteiger partial charge in [0.15, 0.2) is 0 Å². The van der Waals surface area contributed by atoms with Gasteiger partial charge in [-0.3, -0.25) is 0 Å². The normalized spacial score (nSPS) is 23.4. The fraction of sp³-hybridized carbons (Fsp3) is 0.600. The Labute approximate surface area is 179 Å². The summed E-state index contributed by atoms with van der Waals surface area (Å²) >= 11 is 0. The molecule has 0 spiro atoms. The average molecular weight is 417 g/mol. The molecule has 0 amide bonds. The van der Waals surface area contributed by atoms with E-state index in [-0.39, 0.29) is 22.7 Å². The lowest BCUT2D eigenvalue weighted by Gasteiger charge is -2.37. The lowest BCUT2D eigenvalue weighted by Crippen LogP contribution is -2.43. The Kier molecular flexibility index (Phi) is 7.45. The zero-order valence-corrected chi connectivity index (χ0v) is 20.4. The molecule has 4 heteroatoms. The van der Waals surface area contributed by atoms with Crippen molar-refractivity contribution in [3.05, 3.63) is 48.6 Å². The van der Waals surface area contributed by atoms with Crippen LogP contribution in [0.2, 0.25) is 18.1 Å². The van der Waals surface area contributed by atoms with Crippen LogP contribution in [0.15, 0.2) is 48.6 Å². The van der Waals surface area contributed by atoms with Gasteiger partial charge in [0, 0.05) is 11.5 Å². The van der Waals surface area contributed by atoms with Crippen molar-refractivity contribution in [1.29, 1.82) is 0 Å².